The van der Waals surface area contributed by atoms with E-state index in [0.29, 0.717) is 24.7 Å². The summed E-state index contributed by atoms with van der Waals surface area (Å²) in [6.45, 7) is 3.75. The predicted octanol–water partition coefficient (Wildman–Crippen LogP) is 0.804. The molecule has 1 aliphatic rings. The molecular formula is C14H21NO4. The van der Waals surface area contributed by atoms with Crippen LogP contribution in [0.4, 0.5) is 0 Å². The van der Waals surface area contributed by atoms with Gasteiger partial charge in [0.1, 0.15) is 12.7 Å². The zero-order valence-corrected chi connectivity index (χ0v) is 11.4. The second-order valence-corrected chi connectivity index (χ2v) is 4.55. The van der Waals surface area contributed by atoms with Gasteiger partial charge < -0.3 is 19.7 Å². The average molecular weight is 267 g/mol. The number of hydrogen-bond acceptors (Lipinski definition) is 5. The first-order valence-electron chi connectivity index (χ1n) is 6.55. The summed E-state index contributed by atoms with van der Waals surface area (Å²) < 4.78 is 11.0. The van der Waals surface area contributed by atoms with E-state index in [2.05, 4.69) is 0 Å². The Morgan fingerprint density at radius 2 is 2.26 bits per heavy atom. The average Bonchev–Trinajstić information content (AvgIpc) is 2.45. The summed E-state index contributed by atoms with van der Waals surface area (Å²) >= 11 is 0. The number of aliphatic hydroxyl groups excluding tert-OH is 2. The van der Waals surface area contributed by atoms with E-state index in [0.717, 1.165) is 12.1 Å². The zero-order valence-electron chi connectivity index (χ0n) is 11.4. The standard InChI is InChI=1S/C14H21NO4/c1-3-15(7-8-16)11-9-19-14-10(13(11)17)5-4-6-12(14)18-2/h4-6,11,13,16-17H,3,7-9H2,1-2H3. The molecule has 1 aromatic rings. The third-order valence-electron chi connectivity index (χ3n) is 3.57. The number of likely N-dealkylation sites (N-methyl/N-ethyl adjacent to an activating group) is 1. The highest BCUT2D eigenvalue weighted by molar-refractivity contribution is 5.49. The Morgan fingerprint density at radius 1 is 1.47 bits per heavy atom. The summed E-state index contributed by atoms with van der Waals surface area (Å²) in [5, 5.41) is 19.6. The SMILES string of the molecule is CCN(CCO)C1COc2c(OC)cccc2C1O. The first kappa shape index (κ1) is 14.1. The van der Waals surface area contributed by atoms with Crippen molar-refractivity contribution in [2.75, 3.05) is 33.4 Å². The van der Waals surface area contributed by atoms with Gasteiger partial charge in [0.2, 0.25) is 0 Å². The fourth-order valence-electron chi connectivity index (χ4n) is 2.54. The number of ether oxygens (including phenoxy) is 2. The van der Waals surface area contributed by atoms with Crippen LogP contribution < -0.4 is 9.47 Å². The summed E-state index contributed by atoms with van der Waals surface area (Å²) in [4.78, 5) is 2.02. The summed E-state index contributed by atoms with van der Waals surface area (Å²) in [6.07, 6.45) is -0.634. The molecule has 0 fully saturated rings. The number of hydrogen-bond donors (Lipinski definition) is 2. The Morgan fingerprint density at radius 3 is 2.89 bits per heavy atom. The fourth-order valence-corrected chi connectivity index (χ4v) is 2.54. The largest absolute Gasteiger partial charge is 0.493 e. The summed E-state index contributed by atoms with van der Waals surface area (Å²) in [5.74, 6) is 1.26. The van der Waals surface area contributed by atoms with Gasteiger partial charge >= 0.3 is 0 Å². The van der Waals surface area contributed by atoms with Gasteiger partial charge in [0.25, 0.3) is 0 Å². The number of aliphatic hydroxyl groups is 2. The third-order valence-corrected chi connectivity index (χ3v) is 3.57. The lowest BCUT2D eigenvalue weighted by Crippen LogP contribution is -2.47. The quantitative estimate of drug-likeness (QED) is 0.826. The van der Waals surface area contributed by atoms with E-state index in [1.54, 1.807) is 7.11 Å². The number of benzene rings is 1. The maximum Gasteiger partial charge on any atom is 0.167 e. The minimum atomic E-state index is -0.634. The van der Waals surface area contributed by atoms with Crippen LogP contribution in [-0.4, -0.2) is 54.6 Å². The number of para-hydroxylation sites is 1. The molecule has 0 bridgehead atoms. The van der Waals surface area contributed by atoms with E-state index in [1.807, 2.05) is 30.0 Å². The Hall–Kier alpha value is -1.30. The molecule has 19 heavy (non-hydrogen) atoms. The highest BCUT2D eigenvalue weighted by Gasteiger charge is 2.34. The van der Waals surface area contributed by atoms with E-state index in [1.165, 1.54) is 0 Å². The molecule has 0 spiro atoms. The van der Waals surface area contributed by atoms with Crippen LogP contribution in [0.25, 0.3) is 0 Å². The summed E-state index contributed by atoms with van der Waals surface area (Å²) in [5.41, 5.74) is 0.743. The van der Waals surface area contributed by atoms with Crippen LogP contribution in [0.2, 0.25) is 0 Å². The highest BCUT2D eigenvalue weighted by atomic mass is 16.5. The van der Waals surface area contributed by atoms with Crippen molar-refractivity contribution >= 4 is 0 Å². The van der Waals surface area contributed by atoms with Gasteiger partial charge in [-0.25, -0.2) is 0 Å². The minimum absolute atomic E-state index is 0.0715. The topological polar surface area (TPSA) is 62.2 Å². The van der Waals surface area contributed by atoms with E-state index in [9.17, 15) is 5.11 Å². The minimum Gasteiger partial charge on any atom is -0.493 e. The highest BCUT2D eigenvalue weighted by Crippen LogP contribution is 2.40. The fraction of sp³-hybridized carbons (Fsp3) is 0.571. The van der Waals surface area contributed by atoms with Gasteiger partial charge in [0.15, 0.2) is 11.5 Å². The third kappa shape index (κ3) is 2.68. The molecule has 2 unspecified atom stereocenters. The van der Waals surface area contributed by atoms with Crippen molar-refractivity contribution in [1.82, 2.24) is 4.90 Å². The van der Waals surface area contributed by atoms with E-state index in [-0.39, 0.29) is 12.6 Å². The van der Waals surface area contributed by atoms with Gasteiger partial charge in [-0.05, 0) is 12.6 Å². The monoisotopic (exact) mass is 267 g/mol. The number of rotatable bonds is 5. The van der Waals surface area contributed by atoms with Crippen molar-refractivity contribution < 1.29 is 19.7 Å². The maximum absolute atomic E-state index is 10.5. The smallest absolute Gasteiger partial charge is 0.167 e. The van der Waals surface area contributed by atoms with Crippen LogP contribution in [0.3, 0.4) is 0 Å². The number of nitrogens with zero attached hydrogens (tertiary/aromatic N) is 1. The molecule has 5 nitrogen and oxygen atoms in total. The van der Waals surface area contributed by atoms with Gasteiger partial charge in [-0.2, -0.15) is 0 Å². The molecule has 0 radical (unpaired) electrons. The van der Waals surface area contributed by atoms with Gasteiger partial charge in [-0.3, -0.25) is 4.90 Å². The Bertz CT molecular complexity index is 424. The van der Waals surface area contributed by atoms with Crippen LogP contribution >= 0.6 is 0 Å². The lowest BCUT2D eigenvalue weighted by molar-refractivity contribution is -0.00133. The normalized spacial score (nSPS) is 21.9. The first-order chi connectivity index (χ1) is 9.22. The molecule has 1 aromatic carbocycles. The Kier molecular flexibility index (Phi) is 4.63. The van der Waals surface area contributed by atoms with Crippen molar-refractivity contribution in [3.8, 4) is 11.5 Å². The zero-order chi connectivity index (χ0) is 13.8. The van der Waals surface area contributed by atoms with Crippen molar-refractivity contribution in [3.63, 3.8) is 0 Å². The molecule has 0 saturated heterocycles. The van der Waals surface area contributed by atoms with Gasteiger partial charge in [-0.1, -0.05) is 19.1 Å². The van der Waals surface area contributed by atoms with E-state index >= 15 is 0 Å². The van der Waals surface area contributed by atoms with Crippen LogP contribution in [0.15, 0.2) is 18.2 Å². The van der Waals surface area contributed by atoms with Crippen molar-refractivity contribution in [3.05, 3.63) is 23.8 Å². The second-order valence-electron chi connectivity index (χ2n) is 4.55. The molecule has 0 saturated carbocycles. The van der Waals surface area contributed by atoms with Crippen LogP contribution in [-0.2, 0) is 0 Å². The predicted molar refractivity (Wildman–Crippen MR) is 71.6 cm³/mol. The molecule has 2 atom stereocenters. The lowest BCUT2D eigenvalue weighted by Gasteiger charge is -2.37. The molecule has 2 rings (SSSR count). The summed E-state index contributed by atoms with van der Waals surface area (Å²) in [7, 11) is 1.58. The van der Waals surface area contributed by atoms with Crippen LogP contribution in [0.1, 0.15) is 18.6 Å². The number of methoxy groups -OCH3 is 1. The summed E-state index contributed by atoms with van der Waals surface area (Å²) in [6, 6.07) is 5.37. The number of fused-ring (bicyclic) bond motifs is 1. The molecule has 2 N–H and O–H groups in total. The molecule has 0 aliphatic carbocycles. The molecule has 0 amide bonds. The molecule has 106 valence electrons. The second kappa shape index (κ2) is 6.23. The van der Waals surface area contributed by atoms with Gasteiger partial charge in [0, 0.05) is 12.1 Å². The maximum atomic E-state index is 10.5. The van der Waals surface area contributed by atoms with Crippen molar-refractivity contribution in [2.24, 2.45) is 0 Å². The first-order valence-corrected chi connectivity index (χ1v) is 6.55. The lowest BCUT2D eigenvalue weighted by atomic mass is 9.97. The molecule has 1 heterocycles. The van der Waals surface area contributed by atoms with E-state index in [4.69, 9.17) is 14.6 Å². The van der Waals surface area contributed by atoms with Crippen molar-refractivity contribution in [2.45, 2.75) is 19.1 Å². The van der Waals surface area contributed by atoms with Gasteiger partial charge in [-0.15, -0.1) is 0 Å². The Balaban J connectivity index is 2.26. The van der Waals surface area contributed by atoms with Gasteiger partial charge in [0.05, 0.1) is 19.8 Å². The molecule has 0 aromatic heterocycles. The molecule has 5 heteroatoms. The Labute approximate surface area is 113 Å². The van der Waals surface area contributed by atoms with Crippen molar-refractivity contribution in [1.29, 1.82) is 0 Å². The molecule has 1 aliphatic heterocycles. The van der Waals surface area contributed by atoms with Crippen LogP contribution in [0.5, 0.6) is 11.5 Å². The van der Waals surface area contributed by atoms with E-state index < -0.39 is 6.10 Å². The van der Waals surface area contributed by atoms with Crippen LogP contribution in [0, 0.1) is 0 Å². The molecular weight excluding hydrogens is 246 g/mol.